The Balaban J connectivity index is 1.77. The SMILES string of the molecule is Cc1noc(C)c1COc1ccc(CC(=O)OCC(=O)N[C@@H](C)C(C)C)cc1. The number of aromatic nitrogens is 1. The van der Waals surface area contributed by atoms with Crippen molar-refractivity contribution in [1.29, 1.82) is 0 Å². The second kappa shape index (κ2) is 9.92. The van der Waals surface area contributed by atoms with E-state index in [1.165, 1.54) is 0 Å². The smallest absolute Gasteiger partial charge is 0.310 e. The molecule has 0 aliphatic carbocycles. The lowest BCUT2D eigenvalue weighted by Gasteiger charge is -2.17. The first-order valence-corrected chi connectivity index (χ1v) is 9.34. The molecule has 0 saturated carbocycles. The summed E-state index contributed by atoms with van der Waals surface area (Å²) in [5.74, 6) is 0.996. The second-order valence-corrected chi connectivity index (χ2v) is 7.17. The quantitative estimate of drug-likeness (QED) is 0.664. The number of amides is 1. The summed E-state index contributed by atoms with van der Waals surface area (Å²) >= 11 is 0. The molecule has 152 valence electrons. The number of esters is 1. The zero-order chi connectivity index (χ0) is 20.7. The van der Waals surface area contributed by atoms with E-state index in [1.807, 2.05) is 34.6 Å². The van der Waals surface area contributed by atoms with Crippen molar-refractivity contribution in [2.24, 2.45) is 5.92 Å². The summed E-state index contributed by atoms with van der Waals surface area (Å²) in [7, 11) is 0. The van der Waals surface area contributed by atoms with Crippen molar-refractivity contribution in [1.82, 2.24) is 10.5 Å². The first-order valence-electron chi connectivity index (χ1n) is 9.34. The van der Waals surface area contributed by atoms with E-state index in [-0.39, 0.29) is 25.0 Å². The molecule has 2 aromatic rings. The van der Waals surface area contributed by atoms with E-state index in [0.717, 1.165) is 22.6 Å². The molecule has 1 heterocycles. The van der Waals surface area contributed by atoms with Gasteiger partial charge in [0.25, 0.3) is 5.91 Å². The van der Waals surface area contributed by atoms with Crippen LogP contribution in [0.2, 0.25) is 0 Å². The van der Waals surface area contributed by atoms with Crippen molar-refractivity contribution in [3.63, 3.8) is 0 Å². The van der Waals surface area contributed by atoms with Crippen molar-refractivity contribution in [2.75, 3.05) is 6.61 Å². The third-order valence-electron chi connectivity index (χ3n) is 4.59. The lowest BCUT2D eigenvalue weighted by atomic mass is 10.1. The van der Waals surface area contributed by atoms with Gasteiger partial charge in [0.15, 0.2) is 6.61 Å². The Morgan fingerprint density at radius 2 is 1.82 bits per heavy atom. The number of carbonyl (C=O) groups excluding carboxylic acids is 2. The Labute approximate surface area is 165 Å². The third-order valence-corrected chi connectivity index (χ3v) is 4.59. The molecule has 1 amide bonds. The van der Waals surface area contributed by atoms with Gasteiger partial charge in [-0.25, -0.2) is 0 Å². The van der Waals surface area contributed by atoms with Gasteiger partial charge < -0.3 is 19.3 Å². The van der Waals surface area contributed by atoms with Gasteiger partial charge in [-0.15, -0.1) is 0 Å². The standard InChI is InChI=1S/C21H28N2O5/c1-13(2)14(3)22-20(24)12-27-21(25)10-17-6-8-18(9-7-17)26-11-19-15(4)23-28-16(19)5/h6-9,13-14H,10-12H2,1-5H3,(H,22,24)/t14-/m0/s1. The zero-order valence-corrected chi connectivity index (χ0v) is 17.1. The fourth-order valence-corrected chi connectivity index (χ4v) is 2.39. The van der Waals surface area contributed by atoms with E-state index in [1.54, 1.807) is 24.3 Å². The minimum atomic E-state index is -0.447. The van der Waals surface area contributed by atoms with Crippen LogP contribution in [0.5, 0.6) is 5.75 Å². The maximum absolute atomic E-state index is 11.9. The molecule has 0 bridgehead atoms. The van der Waals surface area contributed by atoms with Crippen molar-refractivity contribution < 1.29 is 23.6 Å². The fraction of sp³-hybridized carbons (Fsp3) is 0.476. The van der Waals surface area contributed by atoms with Gasteiger partial charge in [-0.1, -0.05) is 31.1 Å². The molecule has 0 aliphatic rings. The number of nitrogens with one attached hydrogen (secondary N) is 1. The monoisotopic (exact) mass is 388 g/mol. The summed E-state index contributed by atoms with van der Waals surface area (Å²) in [6.45, 7) is 9.75. The molecule has 7 nitrogen and oxygen atoms in total. The number of aryl methyl sites for hydroxylation is 2. The molecule has 28 heavy (non-hydrogen) atoms. The summed E-state index contributed by atoms with van der Waals surface area (Å²) in [6.07, 6.45) is 0.0944. The molecule has 1 aromatic carbocycles. The molecule has 0 aliphatic heterocycles. The predicted octanol–water partition coefficient (Wildman–Crippen LogP) is 3.12. The third kappa shape index (κ3) is 6.40. The zero-order valence-electron chi connectivity index (χ0n) is 17.1. The Morgan fingerprint density at radius 1 is 1.14 bits per heavy atom. The fourth-order valence-electron chi connectivity index (χ4n) is 2.39. The van der Waals surface area contributed by atoms with Gasteiger partial charge in [0.2, 0.25) is 0 Å². The van der Waals surface area contributed by atoms with Gasteiger partial charge in [0.1, 0.15) is 18.1 Å². The molecule has 1 N–H and O–H groups in total. The van der Waals surface area contributed by atoms with E-state index >= 15 is 0 Å². The minimum absolute atomic E-state index is 0.0316. The summed E-state index contributed by atoms with van der Waals surface area (Å²) in [6, 6.07) is 7.20. The van der Waals surface area contributed by atoms with E-state index < -0.39 is 5.97 Å². The van der Waals surface area contributed by atoms with Crippen molar-refractivity contribution >= 4 is 11.9 Å². The Bertz CT molecular complexity index is 776. The number of hydrogen-bond donors (Lipinski definition) is 1. The van der Waals surface area contributed by atoms with Gasteiger partial charge in [0.05, 0.1) is 17.7 Å². The van der Waals surface area contributed by atoms with Crippen LogP contribution >= 0.6 is 0 Å². The average Bonchev–Trinajstić information content (AvgIpc) is 2.97. The highest BCUT2D eigenvalue weighted by Gasteiger charge is 2.13. The highest BCUT2D eigenvalue weighted by atomic mass is 16.5. The Kier molecular flexibility index (Phi) is 7.61. The summed E-state index contributed by atoms with van der Waals surface area (Å²) in [5, 5.41) is 6.69. The van der Waals surface area contributed by atoms with Gasteiger partial charge in [-0.3, -0.25) is 9.59 Å². The molecule has 0 fully saturated rings. The van der Waals surface area contributed by atoms with Crippen LogP contribution in [-0.2, 0) is 27.4 Å². The van der Waals surface area contributed by atoms with Gasteiger partial charge >= 0.3 is 5.97 Å². The molecule has 0 saturated heterocycles. The molecule has 0 spiro atoms. The lowest BCUT2D eigenvalue weighted by molar-refractivity contribution is -0.148. The van der Waals surface area contributed by atoms with Crippen LogP contribution in [-0.4, -0.2) is 29.7 Å². The maximum atomic E-state index is 11.9. The highest BCUT2D eigenvalue weighted by Crippen LogP contribution is 2.18. The molecular weight excluding hydrogens is 360 g/mol. The Hall–Kier alpha value is -2.83. The normalized spacial score (nSPS) is 11.9. The second-order valence-electron chi connectivity index (χ2n) is 7.17. The highest BCUT2D eigenvalue weighted by molar-refractivity contribution is 5.81. The van der Waals surface area contributed by atoms with Crippen molar-refractivity contribution in [3.8, 4) is 5.75 Å². The lowest BCUT2D eigenvalue weighted by Crippen LogP contribution is -2.38. The molecule has 0 unspecified atom stereocenters. The summed E-state index contributed by atoms with van der Waals surface area (Å²) in [4.78, 5) is 23.7. The largest absolute Gasteiger partial charge is 0.489 e. The number of nitrogens with zero attached hydrogens (tertiary/aromatic N) is 1. The molecule has 0 radical (unpaired) electrons. The molecule has 2 rings (SSSR count). The average molecular weight is 388 g/mol. The number of hydrogen-bond acceptors (Lipinski definition) is 6. The molecule has 7 heteroatoms. The van der Waals surface area contributed by atoms with Gasteiger partial charge in [-0.05, 0) is 44.4 Å². The summed E-state index contributed by atoms with van der Waals surface area (Å²) in [5.41, 5.74) is 2.52. The van der Waals surface area contributed by atoms with Crippen molar-refractivity contribution in [2.45, 2.75) is 53.7 Å². The molecule has 1 atom stereocenters. The van der Waals surface area contributed by atoms with E-state index in [4.69, 9.17) is 14.0 Å². The topological polar surface area (TPSA) is 90.7 Å². The minimum Gasteiger partial charge on any atom is -0.489 e. The van der Waals surface area contributed by atoms with E-state index in [2.05, 4.69) is 10.5 Å². The van der Waals surface area contributed by atoms with E-state index in [9.17, 15) is 9.59 Å². The van der Waals surface area contributed by atoms with Crippen molar-refractivity contribution in [3.05, 3.63) is 46.8 Å². The van der Waals surface area contributed by atoms with Crippen LogP contribution in [0.15, 0.2) is 28.8 Å². The number of carbonyl (C=O) groups is 2. The predicted molar refractivity (Wildman–Crippen MR) is 104 cm³/mol. The molecular formula is C21H28N2O5. The van der Waals surface area contributed by atoms with Crippen LogP contribution in [0.4, 0.5) is 0 Å². The van der Waals surface area contributed by atoms with Crippen LogP contribution in [0.25, 0.3) is 0 Å². The van der Waals surface area contributed by atoms with Crippen LogP contribution in [0.1, 0.15) is 43.4 Å². The van der Waals surface area contributed by atoms with Crippen LogP contribution in [0, 0.1) is 19.8 Å². The Morgan fingerprint density at radius 3 is 2.39 bits per heavy atom. The molecule has 1 aromatic heterocycles. The van der Waals surface area contributed by atoms with Gasteiger partial charge in [-0.2, -0.15) is 0 Å². The first kappa shape index (κ1) is 21.5. The number of ether oxygens (including phenoxy) is 2. The van der Waals surface area contributed by atoms with E-state index in [0.29, 0.717) is 18.3 Å². The number of rotatable bonds is 9. The summed E-state index contributed by atoms with van der Waals surface area (Å²) < 4.78 is 15.9. The first-order chi connectivity index (χ1) is 13.3. The van der Waals surface area contributed by atoms with Crippen LogP contribution in [0.3, 0.4) is 0 Å². The maximum Gasteiger partial charge on any atom is 0.310 e. The number of benzene rings is 1. The van der Waals surface area contributed by atoms with Crippen LogP contribution < -0.4 is 10.1 Å². The van der Waals surface area contributed by atoms with Gasteiger partial charge in [0, 0.05) is 6.04 Å².